The van der Waals surface area contributed by atoms with Crippen LogP contribution >= 0.6 is 0 Å². The average molecular weight is 382 g/mol. The Morgan fingerprint density at radius 2 is 1.77 bits per heavy atom. The van der Waals surface area contributed by atoms with E-state index in [2.05, 4.69) is 4.90 Å². The van der Waals surface area contributed by atoms with Crippen LogP contribution in [0.3, 0.4) is 0 Å². The molecule has 2 aromatic carbocycles. The van der Waals surface area contributed by atoms with Crippen LogP contribution in [0.1, 0.15) is 5.56 Å². The van der Waals surface area contributed by atoms with E-state index in [0.29, 0.717) is 25.7 Å². The Morgan fingerprint density at radius 1 is 1.04 bits per heavy atom. The number of piperazine rings is 1. The fraction of sp³-hybridized carbons (Fsp3) is 0.333. The molecule has 0 aliphatic carbocycles. The van der Waals surface area contributed by atoms with Crippen LogP contribution in [0.15, 0.2) is 47.4 Å². The minimum absolute atomic E-state index is 0.253. The maximum absolute atomic E-state index is 13.9. The zero-order chi connectivity index (χ0) is 18.7. The van der Waals surface area contributed by atoms with Gasteiger partial charge in [-0.3, -0.25) is 4.90 Å². The Labute approximate surface area is 151 Å². The molecular formula is C18H20F2N2O3S. The standard InChI is InChI=1S/C18H20F2N2O3S/c1-25-16-4-2-3-14(11-16)13-21-7-9-22(10-8-21)26(23,24)18-6-5-15(19)12-17(18)20/h2-6,11-12H,7-10,13H2,1H3. The van der Waals surface area contributed by atoms with Crippen molar-refractivity contribution in [1.29, 1.82) is 0 Å². The van der Waals surface area contributed by atoms with Gasteiger partial charge in [-0.25, -0.2) is 17.2 Å². The zero-order valence-corrected chi connectivity index (χ0v) is 15.2. The molecule has 0 amide bonds. The molecule has 1 fully saturated rings. The summed E-state index contributed by atoms with van der Waals surface area (Å²) in [4.78, 5) is 1.64. The maximum Gasteiger partial charge on any atom is 0.246 e. The van der Waals surface area contributed by atoms with Crippen molar-refractivity contribution in [3.63, 3.8) is 0 Å². The van der Waals surface area contributed by atoms with Gasteiger partial charge in [-0.05, 0) is 29.8 Å². The van der Waals surface area contributed by atoms with E-state index in [1.54, 1.807) is 7.11 Å². The summed E-state index contributed by atoms with van der Waals surface area (Å²) < 4.78 is 58.5. The largest absolute Gasteiger partial charge is 0.497 e. The fourth-order valence-electron chi connectivity index (χ4n) is 2.98. The second-order valence-corrected chi connectivity index (χ2v) is 8.01. The number of hydrogen-bond donors (Lipinski definition) is 0. The Bertz CT molecular complexity index is 882. The van der Waals surface area contributed by atoms with Crippen LogP contribution in [-0.2, 0) is 16.6 Å². The molecule has 1 heterocycles. The summed E-state index contributed by atoms with van der Waals surface area (Å²) in [5.74, 6) is -1.09. The first kappa shape index (κ1) is 18.8. The third kappa shape index (κ3) is 4.03. The van der Waals surface area contributed by atoms with Gasteiger partial charge >= 0.3 is 0 Å². The lowest BCUT2D eigenvalue weighted by atomic mass is 10.2. The Kier molecular flexibility index (Phi) is 5.55. The molecule has 0 radical (unpaired) electrons. The highest BCUT2D eigenvalue weighted by Crippen LogP contribution is 2.22. The minimum Gasteiger partial charge on any atom is -0.497 e. The number of halogens is 2. The van der Waals surface area contributed by atoms with Crippen molar-refractivity contribution in [2.45, 2.75) is 11.4 Å². The predicted octanol–water partition coefficient (Wildman–Crippen LogP) is 2.48. The van der Waals surface area contributed by atoms with Crippen molar-refractivity contribution >= 4 is 10.0 Å². The molecule has 26 heavy (non-hydrogen) atoms. The minimum atomic E-state index is -3.97. The van der Waals surface area contributed by atoms with Gasteiger partial charge in [0.1, 0.15) is 22.3 Å². The third-order valence-corrected chi connectivity index (χ3v) is 6.32. The van der Waals surface area contributed by atoms with Crippen molar-refractivity contribution in [2.24, 2.45) is 0 Å². The van der Waals surface area contributed by atoms with E-state index in [1.165, 1.54) is 4.31 Å². The van der Waals surface area contributed by atoms with E-state index in [0.717, 1.165) is 23.4 Å². The Morgan fingerprint density at radius 3 is 2.42 bits per heavy atom. The molecule has 0 unspecified atom stereocenters. The second kappa shape index (κ2) is 7.69. The predicted molar refractivity (Wildman–Crippen MR) is 93.4 cm³/mol. The molecule has 0 atom stereocenters. The molecule has 8 heteroatoms. The van der Waals surface area contributed by atoms with E-state index in [4.69, 9.17) is 4.74 Å². The van der Waals surface area contributed by atoms with Crippen LogP contribution in [0.2, 0.25) is 0 Å². The SMILES string of the molecule is COc1cccc(CN2CCN(S(=O)(=O)c3ccc(F)cc3F)CC2)c1. The van der Waals surface area contributed by atoms with Crippen LogP contribution in [0.5, 0.6) is 5.75 Å². The van der Waals surface area contributed by atoms with Gasteiger partial charge in [0.15, 0.2) is 0 Å². The summed E-state index contributed by atoms with van der Waals surface area (Å²) in [6, 6.07) is 10.2. The first-order chi connectivity index (χ1) is 12.4. The smallest absolute Gasteiger partial charge is 0.246 e. The van der Waals surface area contributed by atoms with Crippen molar-refractivity contribution in [3.8, 4) is 5.75 Å². The highest BCUT2D eigenvalue weighted by molar-refractivity contribution is 7.89. The number of benzene rings is 2. The molecule has 2 aromatic rings. The molecule has 0 bridgehead atoms. The van der Waals surface area contributed by atoms with Gasteiger partial charge in [0.25, 0.3) is 0 Å². The number of methoxy groups -OCH3 is 1. The molecule has 0 spiro atoms. The first-order valence-corrected chi connectivity index (χ1v) is 9.64. The summed E-state index contributed by atoms with van der Waals surface area (Å²) in [6.07, 6.45) is 0. The Hall–Kier alpha value is -2.03. The third-order valence-electron chi connectivity index (χ3n) is 4.38. The van der Waals surface area contributed by atoms with Gasteiger partial charge in [0.05, 0.1) is 7.11 Å². The van der Waals surface area contributed by atoms with Gasteiger partial charge in [-0.15, -0.1) is 0 Å². The topological polar surface area (TPSA) is 49.9 Å². The number of ether oxygens (including phenoxy) is 1. The average Bonchev–Trinajstić information content (AvgIpc) is 2.62. The molecule has 0 N–H and O–H groups in total. The summed E-state index contributed by atoms with van der Waals surface area (Å²) in [7, 11) is -2.36. The van der Waals surface area contributed by atoms with Crippen molar-refractivity contribution < 1.29 is 21.9 Å². The molecule has 140 valence electrons. The molecule has 1 saturated heterocycles. The quantitative estimate of drug-likeness (QED) is 0.797. The van der Waals surface area contributed by atoms with Crippen molar-refractivity contribution in [1.82, 2.24) is 9.21 Å². The Balaban J connectivity index is 1.65. The van der Waals surface area contributed by atoms with E-state index in [-0.39, 0.29) is 13.1 Å². The van der Waals surface area contributed by atoms with E-state index in [9.17, 15) is 17.2 Å². The van der Waals surface area contributed by atoms with E-state index in [1.807, 2.05) is 24.3 Å². The second-order valence-electron chi connectivity index (χ2n) is 6.11. The molecular weight excluding hydrogens is 362 g/mol. The molecule has 5 nitrogen and oxygen atoms in total. The number of sulfonamides is 1. The van der Waals surface area contributed by atoms with Crippen molar-refractivity contribution in [2.75, 3.05) is 33.3 Å². The first-order valence-electron chi connectivity index (χ1n) is 8.20. The van der Waals surface area contributed by atoms with Crippen LogP contribution < -0.4 is 4.74 Å². The van der Waals surface area contributed by atoms with Gasteiger partial charge in [-0.1, -0.05) is 12.1 Å². The van der Waals surface area contributed by atoms with Gasteiger partial charge < -0.3 is 4.74 Å². The van der Waals surface area contributed by atoms with E-state index < -0.39 is 26.6 Å². The number of nitrogens with zero attached hydrogens (tertiary/aromatic N) is 2. The molecule has 0 aromatic heterocycles. The van der Waals surface area contributed by atoms with Gasteiger partial charge in [-0.2, -0.15) is 4.31 Å². The monoisotopic (exact) mass is 382 g/mol. The normalized spacial score (nSPS) is 16.6. The highest BCUT2D eigenvalue weighted by atomic mass is 32.2. The molecule has 1 aliphatic rings. The summed E-state index contributed by atoms with van der Waals surface area (Å²) in [6.45, 7) is 2.24. The van der Waals surface area contributed by atoms with Crippen LogP contribution in [0.25, 0.3) is 0 Å². The lowest BCUT2D eigenvalue weighted by Crippen LogP contribution is -2.48. The summed E-state index contributed by atoms with van der Waals surface area (Å²) in [5, 5.41) is 0. The van der Waals surface area contributed by atoms with Crippen molar-refractivity contribution in [3.05, 3.63) is 59.7 Å². The number of rotatable bonds is 5. The molecule has 0 saturated carbocycles. The zero-order valence-electron chi connectivity index (χ0n) is 14.4. The van der Waals surface area contributed by atoms with Gasteiger partial charge in [0.2, 0.25) is 10.0 Å². The van der Waals surface area contributed by atoms with E-state index >= 15 is 0 Å². The number of hydrogen-bond acceptors (Lipinski definition) is 4. The molecule has 3 rings (SSSR count). The van der Waals surface area contributed by atoms with Crippen LogP contribution in [-0.4, -0.2) is 50.9 Å². The van der Waals surface area contributed by atoms with Gasteiger partial charge in [0, 0.05) is 38.8 Å². The summed E-state index contributed by atoms with van der Waals surface area (Å²) >= 11 is 0. The van der Waals surface area contributed by atoms with Crippen LogP contribution in [0.4, 0.5) is 8.78 Å². The fourth-order valence-corrected chi connectivity index (χ4v) is 4.45. The highest BCUT2D eigenvalue weighted by Gasteiger charge is 2.30. The molecule has 1 aliphatic heterocycles. The lowest BCUT2D eigenvalue weighted by molar-refractivity contribution is 0.181. The maximum atomic E-state index is 13.9. The summed E-state index contributed by atoms with van der Waals surface area (Å²) in [5.41, 5.74) is 1.07. The lowest BCUT2D eigenvalue weighted by Gasteiger charge is -2.34. The van der Waals surface area contributed by atoms with Crippen LogP contribution in [0, 0.1) is 11.6 Å².